The van der Waals surface area contributed by atoms with Gasteiger partial charge in [0.15, 0.2) is 0 Å². The molecule has 2 heterocycles. The summed E-state index contributed by atoms with van der Waals surface area (Å²) in [7, 11) is 3.18. The fourth-order valence-corrected chi connectivity index (χ4v) is 3.44. The van der Waals surface area contributed by atoms with E-state index in [-0.39, 0.29) is 11.5 Å². The summed E-state index contributed by atoms with van der Waals surface area (Å²) in [5.74, 6) is 0.489. The zero-order chi connectivity index (χ0) is 21.1. The number of carbonyl (C=O) groups excluding carboxylic acids is 1. The van der Waals surface area contributed by atoms with Crippen molar-refractivity contribution in [3.05, 3.63) is 76.2 Å². The maximum absolute atomic E-state index is 13.2. The average molecular weight is 406 g/mol. The molecule has 0 aliphatic heterocycles. The van der Waals surface area contributed by atoms with E-state index < -0.39 is 0 Å². The highest BCUT2D eigenvalue weighted by Crippen LogP contribution is 2.19. The smallest absolute Gasteiger partial charge is 0.277 e. The van der Waals surface area contributed by atoms with E-state index in [1.54, 1.807) is 47.7 Å². The third-order valence-electron chi connectivity index (χ3n) is 4.93. The fourth-order valence-electron chi connectivity index (χ4n) is 3.44. The standard InChI is InChI=1S/C22H22N4O4/c1-29-11-10-23-21(27)16-6-7-18-20(13-16)25(22(28)19-8-9-24-26(18)19)14-15-4-3-5-17(12-15)30-2/h3-9,12-13H,10-11,14H2,1-2H3,(H,23,27). The lowest BCUT2D eigenvalue weighted by Crippen LogP contribution is -2.27. The molecule has 0 bridgehead atoms. The van der Waals surface area contributed by atoms with E-state index in [0.29, 0.717) is 42.0 Å². The van der Waals surface area contributed by atoms with Gasteiger partial charge in [-0.1, -0.05) is 12.1 Å². The van der Waals surface area contributed by atoms with Gasteiger partial charge in [-0.15, -0.1) is 0 Å². The molecule has 0 atom stereocenters. The molecular formula is C22H22N4O4. The van der Waals surface area contributed by atoms with Gasteiger partial charge < -0.3 is 19.4 Å². The number of nitrogens with zero attached hydrogens (tertiary/aromatic N) is 3. The fraction of sp³-hybridized carbons (Fsp3) is 0.227. The quantitative estimate of drug-likeness (QED) is 0.475. The predicted octanol–water partition coefficient (Wildman–Crippen LogP) is 2.08. The Hall–Kier alpha value is -3.65. The normalized spacial score (nSPS) is 11.1. The Morgan fingerprint density at radius 2 is 1.93 bits per heavy atom. The number of carbonyl (C=O) groups is 1. The number of hydrogen-bond acceptors (Lipinski definition) is 5. The van der Waals surface area contributed by atoms with Gasteiger partial charge in [0.2, 0.25) is 0 Å². The van der Waals surface area contributed by atoms with E-state index in [2.05, 4.69) is 10.4 Å². The minimum absolute atomic E-state index is 0.181. The summed E-state index contributed by atoms with van der Waals surface area (Å²) in [4.78, 5) is 25.7. The number of ether oxygens (including phenoxy) is 2. The second-order valence-corrected chi connectivity index (χ2v) is 6.82. The first-order chi connectivity index (χ1) is 14.6. The molecule has 0 fully saturated rings. The molecular weight excluding hydrogens is 384 g/mol. The summed E-state index contributed by atoms with van der Waals surface area (Å²) in [5, 5.41) is 7.09. The Bertz CT molecular complexity index is 1280. The molecule has 4 rings (SSSR count). The van der Waals surface area contributed by atoms with Crippen molar-refractivity contribution in [2.75, 3.05) is 27.4 Å². The van der Waals surface area contributed by atoms with Crippen molar-refractivity contribution in [1.82, 2.24) is 19.5 Å². The van der Waals surface area contributed by atoms with E-state index in [0.717, 1.165) is 11.1 Å². The van der Waals surface area contributed by atoms with Crippen molar-refractivity contribution in [1.29, 1.82) is 0 Å². The summed E-state index contributed by atoms with van der Waals surface area (Å²) >= 11 is 0. The largest absolute Gasteiger partial charge is 0.497 e. The first-order valence-electron chi connectivity index (χ1n) is 9.52. The van der Waals surface area contributed by atoms with E-state index >= 15 is 0 Å². The molecule has 0 saturated carbocycles. The minimum atomic E-state index is -0.227. The van der Waals surface area contributed by atoms with E-state index in [1.807, 2.05) is 30.3 Å². The first kappa shape index (κ1) is 19.7. The van der Waals surface area contributed by atoms with Crippen LogP contribution in [0.5, 0.6) is 5.75 Å². The first-order valence-corrected chi connectivity index (χ1v) is 9.52. The number of fused-ring (bicyclic) bond motifs is 3. The van der Waals surface area contributed by atoms with E-state index in [4.69, 9.17) is 9.47 Å². The monoisotopic (exact) mass is 406 g/mol. The van der Waals surface area contributed by atoms with Gasteiger partial charge in [0.25, 0.3) is 11.5 Å². The highest BCUT2D eigenvalue weighted by atomic mass is 16.5. The molecule has 4 aromatic rings. The summed E-state index contributed by atoms with van der Waals surface area (Å²) < 4.78 is 13.5. The number of benzene rings is 2. The summed E-state index contributed by atoms with van der Waals surface area (Å²) in [6, 6.07) is 14.5. The average Bonchev–Trinajstić information content (AvgIpc) is 3.27. The molecule has 0 saturated heterocycles. The lowest BCUT2D eigenvalue weighted by atomic mass is 10.1. The molecule has 2 aromatic carbocycles. The van der Waals surface area contributed by atoms with Gasteiger partial charge in [-0.3, -0.25) is 9.59 Å². The van der Waals surface area contributed by atoms with Crippen LogP contribution in [-0.2, 0) is 11.3 Å². The van der Waals surface area contributed by atoms with E-state index in [1.165, 1.54) is 0 Å². The minimum Gasteiger partial charge on any atom is -0.497 e. The van der Waals surface area contributed by atoms with Crippen molar-refractivity contribution in [3.63, 3.8) is 0 Å². The number of hydrogen-bond donors (Lipinski definition) is 1. The molecule has 154 valence electrons. The van der Waals surface area contributed by atoms with Crippen LogP contribution in [0.2, 0.25) is 0 Å². The van der Waals surface area contributed by atoms with Crippen LogP contribution in [-0.4, -0.2) is 47.5 Å². The summed E-state index contributed by atoms with van der Waals surface area (Å²) in [5.41, 5.74) is 3.03. The molecule has 0 aliphatic carbocycles. The zero-order valence-electron chi connectivity index (χ0n) is 16.8. The van der Waals surface area contributed by atoms with Gasteiger partial charge in [-0.2, -0.15) is 5.10 Å². The van der Waals surface area contributed by atoms with Crippen molar-refractivity contribution in [2.24, 2.45) is 0 Å². The Kier molecular flexibility index (Phi) is 5.49. The SMILES string of the molecule is COCCNC(=O)c1ccc2c(c1)n(Cc1cccc(OC)c1)c(=O)c1ccnn12. The molecule has 0 aliphatic rings. The lowest BCUT2D eigenvalue weighted by molar-refractivity contribution is 0.0937. The highest BCUT2D eigenvalue weighted by molar-refractivity contribution is 5.97. The molecule has 8 heteroatoms. The lowest BCUT2D eigenvalue weighted by Gasteiger charge is -2.14. The van der Waals surface area contributed by atoms with Crippen molar-refractivity contribution >= 4 is 22.5 Å². The van der Waals surface area contributed by atoms with E-state index in [9.17, 15) is 9.59 Å². The van der Waals surface area contributed by atoms with Crippen LogP contribution in [0.25, 0.3) is 16.6 Å². The van der Waals surface area contributed by atoms with Gasteiger partial charge >= 0.3 is 0 Å². The van der Waals surface area contributed by atoms with Gasteiger partial charge in [-0.05, 0) is 42.0 Å². The summed E-state index contributed by atoms with van der Waals surface area (Å²) in [6.07, 6.45) is 1.59. The van der Waals surface area contributed by atoms with Crippen molar-refractivity contribution in [2.45, 2.75) is 6.54 Å². The van der Waals surface area contributed by atoms with Crippen molar-refractivity contribution in [3.8, 4) is 5.75 Å². The Labute approximate surface area is 172 Å². The van der Waals surface area contributed by atoms with Crippen LogP contribution < -0.4 is 15.6 Å². The maximum Gasteiger partial charge on any atom is 0.277 e. The molecule has 0 unspecified atom stereocenters. The molecule has 0 radical (unpaired) electrons. The number of aromatic nitrogens is 3. The predicted molar refractivity (Wildman–Crippen MR) is 113 cm³/mol. The number of rotatable bonds is 7. The van der Waals surface area contributed by atoms with Crippen LogP contribution in [0.15, 0.2) is 59.5 Å². The van der Waals surface area contributed by atoms with Crippen LogP contribution in [0.3, 0.4) is 0 Å². The Balaban J connectivity index is 1.85. The summed E-state index contributed by atoms with van der Waals surface area (Å²) in [6.45, 7) is 1.17. The van der Waals surface area contributed by atoms with Gasteiger partial charge in [0, 0.05) is 19.2 Å². The highest BCUT2D eigenvalue weighted by Gasteiger charge is 2.15. The van der Waals surface area contributed by atoms with Crippen molar-refractivity contribution < 1.29 is 14.3 Å². The second kappa shape index (κ2) is 8.38. The molecule has 2 aromatic heterocycles. The number of methoxy groups -OCH3 is 2. The van der Waals surface area contributed by atoms with Gasteiger partial charge in [-0.25, -0.2) is 4.52 Å². The van der Waals surface area contributed by atoms with Gasteiger partial charge in [0.1, 0.15) is 11.3 Å². The van der Waals surface area contributed by atoms with Crippen LogP contribution in [0.1, 0.15) is 15.9 Å². The van der Waals surface area contributed by atoms with Gasteiger partial charge in [0.05, 0.1) is 37.5 Å². The molecule has 0 spiro atoms. The third-order valence-corrected chi connectivity index (χ3v) is 4.93. The maximum atomic E-state index is 13.2. The Morgan fingerprint density at radius 1 is 1.07 bits per heavy atom. The number of amides is 1. The second-order valence-electron chi connectivity index (χ2n) is 6.82. The number of nitrogens with one attached hydrogen (secondary N) is 1. The Morgan fingerprint density at radius 3 is 2.73 bits per heavy atom. The molecule has 8 nitrogen and oxygen atoms in total. The molecule has 1 N–H and O–H groups in total. The van der Waals surface area contributed by atoms with Crippen LogP contribution >= 0.6 is 0 Å². The third kappa shape index (κ3) is 3.65. The molecule has 1 amide bonds. The van der Waals surface area contributed by atoms with Crippen LogP contribution in [0.4, 0.5) is 0 Å². The zero-order valence-corrected chi connectivity index (χ0v) is 16.8. The van der Waals surface area contributed by atoms with Crippen LogP contribution in [0, 0.1) is 0 Å². The topological polar surface area (TPSA) is 86.9 Å². The molecule has 30 heavy (non-hydrogen) atoms.